The summed E-state index contributed by atoms with van der Waals surface area (Å²) >= 11 is 0. The molecule has 0 aliphatic carbocycles. The van der Waals surface area contributed by atoms with Gasteiger partial charge in [0.15, 0.2) is 11.6 Å². The van der Waals surface area contributed by atoms with Crippen LogP contribution in [-0.2, 0) is 6.42 Å². The van der Waals surface area contributed by atoms with Crippen LogP contribution in [0.2, 0.25) is 0 Å². The molecule has 0 N–H and O–H groups in total. The minimum absolute atomic E-state index is 0.735. The number of benzene rings is 2. The van der Waals surface area contributed by atoms with E-state index in [1.807, 2.05) is 42.5 Å². The van der Waals surface area contributed by atoms with Gasteiger partial charge in [-0.05, 0) is 13.0 Å². The van der Waals surface area contributed by atoms with Crippen LogP contribution in [-0.4, -0.2) is 15.0 Å². The zero-order valence-electron chi connectivity index (χ0n) is 12.2. The molecule has 0 amide bonds. The zero-order chi connectivity index (χ0) is 14.7. The second kappa shape index (κ2) is 5.83. The highest BCUT2D eigenvalue weighted by Gasteiger charge is 2.09. The average molecular weight is 275 g/mol. The molecule has 1 aromatic heterocycles. The molecule has 104 valence electrons. The maximum absolute atomic E-state index is 4.64. The van der Waals surface area contributed by atoms with Gasteiger partial charge >= 0.3 is 0 Å². The molecule has 0 aliphatic rings. The van der Waals surface area contributed by atoms with Gasteiger partial charge in [0.1, 0.15) is 5.82 Å². The second-order valence-electron chi connectivity index (χ2n) is 4.99. The summed E-state index contributed by atoms with van der Waals surface area (Å²) in [5, 5.41) is 0. The van der Waals surface area contributed by atoms with Crippen molar-refractivity contribution in [1.82, 2.24) is 15.0 Å². The minimum Gasteiger partial charge on any atom is -0.213 e. The molecule has 2 aromatic carbocycles. The molecule has 0 spiro atoms. The molecule has 1 heterocycles. The zero-order valence-corrected chi connectivity index (χ0v) is 12.2. The normalized spacial score (nSPS) is 10.6. The molecule has 3 aromatic rings. The van der Waals surface area contributed by atoms with Crippen molar-refractivity contribution in [1.29, 1.82) is 0 Å². The number of nitrogens with zero attached hydrogens (tertiary/aromatic N) is 3. The third kappa shape index (κ3) is 2.97. The lowest BCUT2D eigenvalue weighted by atomic mass is 10.1. The predicted octanol–water partition coefficient (Wildman–Crippen LogP) is 4.08. The molecule has 3 rings (SSSR count). The Morgan fingerprint density at radius 2 is 1.43 bits per heavy atom. The lowest BCUT2D eigenvalue weighted by Crippen LogP contribution is -2.02. The second-order valence-corrected chi connectivity index (χ2v) is 4.99. The molecule has 0 bridgehead atoms. The molecular formula is C18H17N3. The standard InChI is InChI=1S/C18H17N3/c1-3-16-19-17(14-9-5-4-6-10-14)21-18(20-16)15-11-7-8-13(2)12-15/h4-12H,3H2,1-2H3. The van der Waals surface area contributed by atoms with E-state index in [0.29, 0.717) is 0 Å². The van der Waals surface area contributed by atoms with Gasteiger partial charge in [0.2, 0.25) is 0 Å². The summed E-state index contributed by atoms with van der Waals surface area (Å²) in [6.07, 6.45) is 0.793. The molecule has 3 nitrogen and oxygen atoms in total. The van der Waals surface area contributed by atoms with Crippen LogP contribution in [0, 0.1) is 6.92 Å². The van der Waals surface area contributed by atoms with Crippen molar-refractivity contribution in [3.05, 3.63) is 66.0 Å². The van der Waals surface area contributed by atoms with E-state index in [0.717, 1.165) is 35.0 Å². The Bertz CT molecular complexity index is 751. The van der Waals surface area contributed by atoms with Crippen LogP contribution in [0.15, 0.2) is 54.6 Å². The van der Waals surface area contributed by atoms with Gasteiger partial charge in [-0.25, -0.2) is 15.0 Å². The fourth-order valence-corrected chi connectivity index (χ4v) is 2.21. The van der Waals surface area contributed by atoms with Gasteiger partial charge in [-0.3, -0.25) is 0 Å². The summed E-state index contributed by atoms with van der Waals surface area (Å²) in [7, 11) is 0. The number of hydrogen-bond donors (Lipinski definition) is 0. The Hall–Kier alpha value is -2.55. The Labute approximate surface area is 124 Å². The number of aryl methyl sites for hydroxylation is 2. The summed E-state index contributed by atoms with van der Waals surface area (Å²) in [5.41, 5.74) is 3.25. The van der Waals surface area contributed by atoms with Gasteiger partial charge in [0, 0.05) is 17.5 Å². The van der Waals surface area contributed by atoms with Gasteiger partial charge in [-0.1, -0.05) is 61.0 Å². The first-order valence-electron chi connectivity index (χ1n) is 7.13. The molecule has 0 saturated heterocycles. The summed E-state index contributed by atoms with van der Waals surface area (Å²) in [6, 6.07) is 18.3. The third-order valence-electron chi connectivity index (χ3n) is 3.31. The SMILES string of the molecule is CCc1nc(-c2ccccc2)nc(-c2cccc(C)c2)n1. The Morgan fingerprint density at radius 1 is 0.762 bits per heavy atom. The average Bonchev–Trinajstić information content (AvgIpc) is 2.55. The van der Waals surface area contributed by atoms with E-state index in [2.05, 4.69) is 40.9 Å². The fourth-order valence-electron chi connectivity index (χ4n) is 2.21. The Balaban J connectivity index is 2.14. The van der Waals surface area contributed by atoms with Gasteiger partial charge in [0.25, 0.3) is 0 Å². The number of aromatic nitrogens is 3. The number of hydrogen-bond acceptors (Lipinski definition) is 3. The maximum Gasteiger partial charge on any atom is 0.163 e. The van der Waals surface area contributed by atoms with Crippen LogP contribution in [0.1, 0.15) is 18.3 Å². The fraction of sp³-hybridized carbons (Fsp3) is 0.167. The molecular weight excluding hydrogens is 258 g/mol. The Kier molecular flexibility index (Phi) is 3.73. The van der Waals surface area contributed by atoms with Crippen LogP contribution in [0.3, 0.4) is 0 Å². The van der Waals surface area contributed by atoms with Gasteiger partial charge in [-0.2, -0.15) is 0 Å². The van der Waals surface area contributed by atoms with Crippen molar-refractivity contribution in [3.63, 3.8) is 0 Å². The van der Waals surface area contributed by atoms with E-state index >= 15 is 0 Å². The third-order valence-corrected chi connectivity index (χ3v) is 3.31. The highest BCUT2D eigenvalue weighted by Crippen LogP contribution is 2.20. The van der Waals surface area contributed by atoms with E-state index < -0.39 is 0 Å². The quantitative estimate of drug-likeness (QED) is 0.723. The minimum atomic E-state index is 0.735. The summed E-state index contributed by atoms with van der Waals surface area (Å²) < 4.78 is 0. The Morgan fingerprint density at radius 3 is 2.10 bits per heavy atom. The first kappa shape index (κ1) is 13.4. The smallest absolute Gasteiger partial charge is 0.163 e. The van der Waals surface area contributed by atoms with E-state index in [1.54, 1.807) is 0 Å². The highest BCUT2D eigenvalue weighted by atomic mass is 15.0. The van der Waals surface area contributed by atoms with Gasteiger partial charge < -0.3 is 0 Å². The van der Waals surface area contributed by atoms with Crippen LogP contribution in [0.4, 0.5) is 0 Å². The molecule has 21 heavy (non-hydrogen) atoms. The lowest BCUT2D eigenvalue weighted by Gasteiger charge is -2.07. The predicted molar refractivity (Wildman–Crippen MR) is 84.8 cm³/mol. The van der Waals surface area contributed by atoms with Crippen LogP contribution >= 0.6 is 0 Å². The van der Waals surface area contributed by atoms with Crippen molar-refractivity contribution in [2.75, 3.05) is 0 Å². The number of rotatable bonds is 3. The van der Waals surface area contributed by atoms with E-state index in [4.69, 9.17) is 0 Å². The molecule has 0 fully saturated rings. The molecule has 0 atom stereocenters. The van der Waals surface area contributed by atoms with Crippen molar-refractivity contribution >= 4 is 0 Å². The van der Waals surface area contributed by atoms with Crippen LogP contribution in [0.5, 0.6) is 0 Å². The van der Waals surface area contributed by atoms with Crippen molar-refractivity contribution < 1.29 is 0 Å². The van der Waals surface area contributed by atoms with E-state index in [1.165, 1.54) is 5.56 Å². The maximum atomic E-state index is 4.64. The first-order chi connectivity index (χ1) is 10.3. The topological polar surface area (TPSA) is 38.7 Å². The lowest BCUT2D eigenvalue weighted by molar-refractivity contribution is 0.910. The van der Waals surface area contributed by atoms with Gasteiger partial charge in [0.05, 0.1) is 0 Å². The van der Waals surface area contributed by atoms with Crippen LogP contribution in [0.25, 0.3) is 22.8 Å². The van der Waals surface area contributed by atoms with Crippen LogP contribution < -0.4 is 0 Å². The summed E-state index contributed by atoms with van der Waals surface area (Å²) in [6.45, 7) is 4.13. The molecule has 0 radical (unpaired) electrons. The van der Waals surface area contributed by atoms with Crippen molar-refractivity contribution in [2.45, 2.75) is 20.3 Å². The summed E-state index contributed by atoms with van der Waals surface area (Å²) in [5.74, 6) is 2.30. The van der Waals surface area contributed by atoms with E-state index in [-0.39, 0.29) is 0 Å². The summed E-state index contributed by atoms with van der Waals surface area (Å²) in [4.78, 5) is 13.8. The highest BCUT2D eigenvalue weighted by molar-refractivity contribution is 5.61. The van der Waals surface area contributed by atoms with E-state index in [9.17, 15) is 0 Å². The largest absolute Gasteiger partial charge is 0.213 e. The molecule has 3 heteroatoms. The monoisotopic (exact) mass is 275 g/mol. The van der Waals surface area contributed by atoms with Gasteiger partial charge in [-0.15, -0.1) is 0 Å². The molecule has 0 saturated carbocycles. The van der Waals surface area contributed by atoms with Crippen molar-refractivity contribution in [2.24, 2.45) is 0 Å². The first-order valence-corrected chi connectivity index (χ1v) is 7.13. The van der Waals surface area contributed by atoms with Crippen molar-refractivity contribution in [3.8, 4) is 22.8 Å². The molecule has 0 unspecified atom stereocenters. The molecule has 0 aliphatic heterocycles.